The van der Waals surface area contributed by atoms with Gasteiger partial charge >= 0.3 is 6.09 Å². The van der Waals surface area contributed by atoms with Crippen molar-refractivity contribution in [2.45, 2.75) is 12.5 Å². The maximum Gasteiger partial charge on any atom is 0.436 e. The fourth-order valence-electron chi connectivity index (χ4n) is 2.34. The van der Waals surface area contributed by atoms with Gasteiger partial charge in [0.2, 0.25) is 0 Å². The van der Waals surface area contributed by atoms with Gasteiger partial charge in [0.15, 0.2) is 0 Å². The number of non-ortho nitro benzene ring substituents is 1. The minimum atomic E-state index is -0.655. The predicted octanol–water partition coefficient (Wildman–Crippen LogP) is 4.18. The van der Waals surface area contributed by atoms with E-state index in [1.165, 1.54) is 29.3 Å². The SMILES string of the molecule is O=C(Oc1ccc([N+](=O)[O-])cc1)N1N=CCC1c1ccc(Cl)cc1. The van der Waals surface area contributed by atoms with E-state index in [2.05, 4.69) is 5.10 Å². The Kier molecular flexibility index (Phi) is 4.43. The van der Waals surface area contributed by atoms with Crippen molar-refractivity contribution in [2.75, 3.05) is 0 Å². The predicted molar refractivity (Wildman–Crippen MR) is 88.3 cm³/mol. The van der Waals surface area contributed by atoms with Gasteiger partial charge in [-0.3, -0.25) is 10.1 Å². The van der Waals surface area contributed by atoms with Crippen LogP contribution < -0.4 is 4.74 Å². The lowest BCUT2D eigenvalue weighted by molar-refractivity contribution is -0.384. The summed E-state index contributed by atoms with van der Waals surface area (Å²) in [5, 5.41) is 16.5. The molecular weight excluding hydrogens is 334 g/mol. The molecule has 3 rings (SSSR count). The highest BCUT2D eigenvalue weighted by atomic mass is 35.5. The second-order valence-corrected chi connectivity index (χ2v) is 5.50. The maximum absolute atomic E-state index is 12.3. The van der Waals surface area contributed by atoms with Crippen LogP contribution in [-0.2, 0) is 0 Å². The highest BCUT2D eigenvalue weighted by Crippen LogP contribution is 2.30. The first-order valence-corrected chi connectivity index (χ1v) is 7.46. The van der Waals surface area contributed by atoms with Crippen molar-refractivity contribution in [1.29, 1.82) is 0 Å². The minimum absolute atomic E-state index is 0.0759. The molecule has 0 aliphatic carbocycles. The first-order chi connectivity index (χ1) is 11.5. The van der Waals surface area contributed by atoms with Crippen LogP contribution in [-0.4, -0.2) is 22.2 Å². The summed E-state index contributed by atoms with van der Waals surface area (Å²) in [6.45, 7) is 0. The van der Waals surface area contributed by atoms with Gasteiger partial charge in [-0.2, -0.15) is 10.1 Å². The zero-order chi connectivity index (χ0) is 17.1. The lowest BCUT2D eigenvalue weighted by atomic mass is 10.1. The number of nitro benzene ring substituents is 1. The number of carbonyl (C=O) groups excluding carboxylic acids is 1. The molecule has 0 spiro atoms. The summed E-state index contributed by atoms with van der Waals surface area (Å²) in [7, 11) is 0. The molecule has 1 atom stereocenters. The lowest BCUT2D eigenvalue weighted by Crippen LogP contribution is -2.29. The topological polar surface area (TPSA) is 85.0 Å². The highest BCUT2D eigenvalue weighted by Gasteiger charge is 2.29. The van der Waals surface area contributed by atoms with Crippen LogP contribution in [0.5, 0.6) is 5.75 Å². The van der Waals surface area contributed by atoms with Crippen LogP contribution in [0.25, 0.3) is 0 Å². The van der Waals surface area contributed by atoms with Gasteiger partial charge in [0.25, 0.3) is 5.69 Å². The third-order valence-electron chi connectivity index (χ3n) is 3.52. The molecule has 0 saturated heterocycles. The third-order valence-corrected chi connectivity index (χ3v) is 3.78. The van der Waals surface area contributed by atoms with Crippen molar-refractivity contribution in [3.63, 3.8) is 0 Å². The van der Waals surface area contributed by atoms with E-state index in [0.717, 1.165) is 5.56 Å². The molecule has 0 bridgehead atoms. The Morgan fingerprint density at radius 2 is 1.88 bits per heavy atom. The molecule has 122 valence electrons. The summed E-state index contributed by atoms with van der Waals surface area (Å²) in [6, 6.07) is 12.2. The number of nitro groups is 1. The number of halogens is 1. The number of ether oxygens (including phenoxy) is 1. The van der Waals surface area contributed by atoms with E-state index in [9.17, 15) is 14.9 Å². The van der Waals surface area contributed by atoms with E-state index in [4.69, 9.17) is 16.3 Å². The van der Waals surface area contributed by atoms with Gasteiger partial charge in [-0.25, -0.2) is 4.79 Å². The Bertz CT molecular complexity index is 790. The smallest absolute Gasteiger partial charge is 0.409 e. The molecule has 0 N–H and O–H groups in total. The Morgan fingerprint density at radius 3 is 2.50 bits per heavy atom. The van der Waals surface area contributed by atoms with E-state index in [1.54, 1.807) is 18.3 Å². The molecule has 1 aliphatic heterocycles. The molecule has 2 aromatic carbocycles. The van der Waals surface area contributed by atoms with Gasteiger partial charge in [0, 0.05) is 29.8 Å². The van der Waals surface area contributed by atoms with Gasteiger partial charge in [0.05, 0.1) is 11.0 Å². The third kappa shape index (κ3) is 3.36. The fraction of sp³-hybridized carbons (Fsp3) is 0.125. The number of carbonyl (C=O) groups is 1. The minimum Gasteiger partial charge on any atom is -0.409 e. The van der Waals surface area contributed by atoms with Crippen LogP contribution in [0.15, 0.2) is 53.6 Å². The average molecular weight is 346 g/mol. The molecule has 8 heteroatoms. The summed E-state index contributed by atoms with van der Waals surface area (Å²) < 4.78 is 5.23. The summed E-state index contributed by atoms with van der Waals surface area (Å²) in [5.41, 5.74) is 0.811. The molecule has 0 radical (unpaired) electrons. The quantitative estimate of drug-likeness (QED) is 0.617. The fourth-order valence-corrected chi connectivity index (χ4v) is 2.46. The van der Waals surface area contributed by atoms with Gasteiger partial charge < -0.3 is 4.74 Å². The van der Waals surface area contributed by atoms with Gasteiger partial charge in [0.1, 0.15) is 5.75 Å². The monoisotopic (exact) mass is 345 g/mol. The molecule has 1 aliphatic rings. The summed E-state index contributed by atoms with van der Waals surface area (Å²) in [4.78, 5) is 22.4. The van der Waals surface area contributed by atoms with E-state index in [0.29, 0.717) is 11.4 Å². The Morgan fingerprint density at radius 1 is 1.21 bits per heavy atom. The Labute approximate surface area is 142 Å². The van der Waals surface area contributed by atoms with E-state index in [-0.39, 0.29) is 17.5 Å². The number of rotatable bonds is 3. The van der Waals surface area contributed by atoms with Gasteiger partial charge in [-0.05, 0) is 29.8 Å². The maximum atomic E-state index is 12.3. The van der Waals surface area contributed by atoms with Crippen LogP contribution in [0.3, 0.4) is 0 Å². The van der Waals surface area contributed by atoms with Crippen molar-refractivity contribution >= 4 is 29.6 Å². The normalized spacial score (nSPS) is 16.2. The largest absolute Gasteiger partial charge is 0.436 e. The van der Waals surface area contributed by atoms with E-state index >= 15 is 0 Å². The average Bonchev–Trinajstić information content (AvgIpc) is 3.06. The summed E-state index contributed by atoms with van der Waals surface area (Å²) in [6.07, 6.45) is 1.55. The number of nitrogens with zero attached hydrogens (tertiary/aromatic N) is 3. The van der Waals surface area contributed by atoms with Crippen molar-refractivity contribution in [1.82, 2.24) is 5.01 Å². The number of benzene rings is 2. The summed E-state index contributed by atoms with van der Waals surface area (Å²) in [5.74, 6) is 0.211. The molecular formula is C16H12ClN3O4. The Hall–Kier alpha value is -2.93. The molecule has 0 saturated carbocycles. The zero-order valence-corrected chi connectivity index (χ0v) is 13.1. The second-order valence-electron chi connectivity index (χ2n) is 5.06. The molecule has 1 heterocycles. The van der Waals surface area contributed by atoms with Crippen molar-refractivity contribution in [3.05, 3.63) is 69.2 Å². The second kappa shape index (κ2) is 6.67. The highest BCUT2D eigenvalue weighted by molar-refractivity contribution is 6.30. The van der Waals surface area contributed by atoms with Gasteiger partial charge in [-0.15, -0.1) is 0 Å². The Balaban J connectivity index is 1.72. The standard InChI is InChI=1S/C16H12ClN3O4/c17-12-3-1-11(2-4-12)15-9-10-18-19(15)16(21)24-14-7-5-13(6-8-14)20(22)23/h1-8,10,15H,9H2. The van der Waals surface area contributed by atoms with E-state index < -0.39 is 11.0 Å². The molecule has 0 aromatic heterocycles. The molecule has 2 aromatic rings. The molecule has 1 amide bonds. The number of hydrazone groups is 1. The van der Waals surface area contributed by atoms with Gasteiger partial charge in [-0.1, -0.05) is 23.7 Å². The van der Waals surface area contributed by atoms with Crippen LogP contribution in [0.1, 0.15) is 18.0 Å². The molecule has 24 heavy (non-hydrogen) atoms. The zero-order valence-electron chi connectivity index (χ0n) is 12.3. The van der Waals surface area contributed by atoms with Crippen molar-refractivity contribution in [2.24, 2.45) is 5.10 Å². The molecule has 7 nitrogen and oxygen atoms in total. The van der Waals surface area contributed by atoms with Crippen molar-refractivity contribution in [3.8, 4) is 5.75 Å². The first kappa shape index (κ1) is 15.9. The van der Waals surface area contributed by atoms with E-state index in [1.807, 2.05) is 12.1 Å². The molecule has 0 fully saturated rings. The van der Waals surface area contributed by atoms with Crippen LogP contribution in [0, 0.1) is 10.1 Å². The number of hydrogen-bond acceptors (Lipinski definition) is 5. The number of hydrogen-bond donors (Lipinski definition) is 0. The van der Waals surface area contributed by atoms with Crippen LogP contribution in [0.2, 0.25) is 5.02 Å². The number of amides is 1. The van der Waals surface area contributed by atoms with Crippen LogP contribution >= 0.6 is 11.6 Å². The van der Waals surface area contributed by atoms with Crippen molar-refractivity contribution < 1.29 is 14.5 Å². The van der Waals surface area contributed by atoms with Crippen LogP contribution in [0.4, 0.5) is 10.5 Å². The summed E-state index contributed by atoms with van der Waals surface area (Å²) >= 11 is 5.88. The molecule has 1 unspecified atom stereocenters. The lowest BCUT2D eigenvalue weighted by Gasteiger charge is -2.21. The first-order valence-electron chi connectivity index (χ1n) is 7.08.